The standard InChI is InChI=1S/C28H42N4O3/c1-29-13-15-30(16-14-29)27(33)18-22-11-12-31-19-23(22)7-5-17-35-26-10-3-2-6-24(26)20-32(21-28(31)34)25-8-4-9-25/h2-3,6,10,22-23,25H,4-5,7-9,11-21H2,1H3/t22-,23-/m0/s1. The maximum absolute atomic E-state index is 13.5. The molecule has 1 aromatic rings. The first-order chi connectivity index (χ1) is 17.1. The number of benzene rings is 1. The molecule has 2 bridgehead atoms. The molecule has 1 saturated carbocycles. The summed E-state index contributed by atoms with van der Waals surface area (Å²) in [5.41, 5.74) is 1.18. The van der Waals surface area contributed by atoms with Crippen molar-refractivity contribution in [3.8, 4) is 5.75 Å². The molecule has 2 saturated heterocycles. The smallest absolute Gasteiger partial charge is 0.236 e. The van der Waals surface area contributed by atoms with E-state index in [2.05, 4.69) is 39.9 Å². The molecule has 3 aliphatic heterocycles. The van der Waals surface area contributed by atoms with Crippen molar-refractivity contribution in [1.29, 1.82) is 0 Å². The normalized spacial score (nSPS) is 27.6. The minimum atomic E-state index is 0.253. The maximum atomic E-state index is 13.5. The molecule has 192 valence electrons. The van der Waals surface area contributed by atoms with Gasteiger partial charge in [0.1, 0.15) is 5.75 Å². The Morgan fingerprint density at radius 1 is 0.971 bits per heavy atom. The summed E-state index contributed by atoms with van der Waals surface area (Å²) in [6.45, 7) is 7.08. The number of hydrogen-bond acceptors (Lipinski definition) is 5. The average molecular weight is 483 g/mol. The predicted molar refractivity (Wildman–Crippen MR) is 136 cm³/mol. The van der Waals surface area contributed by atoms with Gasteiger partial charge in [-0.1, -0.05) is 24.6 Å². The van der Waals surface area contributed by atoms with Gasteiger partial charge in [-0.15, -0.1) is 0 Å². The molecule has 5 rings (SSSR count). The molecule has 0 aromatic heterocycles. The van der Waals surface area contributed by atoms with E-state index in [9.17, 15) is 9.59 Å². The molecule has 2 amide bonds. The van der Waals surface area contributed by atoms with Crippen LogP contribution in [0.4, 0.5) is 0 Å². The molecular weight excluding hydrogens is 440 g/mol. The lowest BCUT2D eigenvalue weighted by molar-refractivity contribution is -0.138. The molecule has 0 spiro atoms. The summed E-state index contributed by atoms with van der Waals surface area (Å²) >= 11 is 0. The second-order valence-electron chi connectivity index (χ2n) is 11.1. The van der Waals surface area contributed by atoms with Gasteiger partial charge in [0.2, 0.25) is 11.8 Å². The number of carbonyl (C=O) groups excluding carboxylic acids is 2. The van der Waals surface area contributed by atoms with E-state index >= 15 is 0 Å². The topological polar surface area (TPSA) is 56.3 Å². The Morgan fingerprint density at radius 3 is 2.54 bits per heavy atom. The Hall–Kier alpha value is -2.12. The zero-order valence-corrected chi connectivity index (χ0v) is 21.4. The van der Waals surface area contributed by atoms with Gasteiger partial charge >= 0.3 is 0 Å². The molecule has 1 aliphatic carbocycles. The number of likely N-dealkylation sites (N-methyl/N-ethyl adjacent to an activating group) is 1. The van der Waals surface area contributed by atoms with Crippen LogP contribution < -0.4 is 4.74 Å². The Morgan fingerprint density at radius 2 is 1.77 bits per heavy atom. The molecule has 1 aromatic carbocycles. The number of ether oxygens (including phenoxy) is 1. The number of piperazine rings is 1. The van der Waals surface area contributed by atoms with Gasteiger partial charge in [0, 0.05) is 63.8 Å². The first-order valence-electron chi connectivity index (χ1n) is 13.8. The first kappa shape index (κ1) is 24.6. The van der Waals surface area contributed by atoms with Crippen LogP contribution >= 0.6 is 0 Å². The minimum Gasteiger partial charge on any atom is -0.493 e. The van der Waals surface area contributed by atoms with Crippen molar-refractivity contribution >= 4 is 11.8 Å². The van der Waals surface area contributed by atoms with Crippen molar-refractivity contribution in [2.45, 2.75) is 57.5 Å². The highest BCUT2D eigenvalue weighted by molar-refractivity contribution is 5.79. The van der Waals surface area contributed by atoms with Crippen LogP contribution in [-0.2, 0) is 16.1 Å². The number of carbonyl (C=O) groups is 2. The van der Waals surface area contributed by atoms with E-state index in [1.165, 1.54) is 24.8 Å². The number of hydrogen-bond donors (Lipinski definition) is 0. The zero-order chi connectivity index (χ0) is 24.2. The highest BCUT2D eigenvalue weighted by Crippen LogP contribution is 2.33. The fourth-order valence-corrected chi connectivity index (χ4v) is 6.17. The van der Waals surface area contributed by atoms with E-state index in [0.717, 1.165) is 70.8 Å². The van der Waals surface area contributed by atoms with Crippen LogP contribution in [-0.4, -0.2) is 96.9 Å². The number of rotatable bonds is 3. The molecule has 3 heterocycles. The highest BCUT2D eigenvalue weighted by Gasteiger charge is 2.35. The van der Waals surface area contributed by atoms with E-state index in [4.69, 9.17) is 4.74 Å². The van der Waals surface area contributed by atoms with Gasteiger partial charge in [-0.05, 0) is 57.1 Å². The molecule has 7 heteroatoms. The minimum absolute atomic E-state index is 0.253. The highest BCUT2D eigenvalue weighted by atomic mass is 16.5. The van der Waals surface area contributed by atoms with Gasteiger partial charge in [-0.2, -0.15) is 0 Å². The molecule has 0 radical (unpaired) electrons. The van der Waals surface area contributed by atoms with E-state index in [0.29, 0.717) is 43.4 Å². The lowest BCUT2D eigenvalue weighted by atomic mass is 9.80. The van der Waals surface area contributed by atoms with E-state index in [1.807, 2.05) is 11.0 Å². The second kappa shape index (κ2) is 11.3. The lowest BCUT2D eigenvalue weighted by Crippen LogP contribution is -2.51. The van der Waals surface area contributed by atoms with Gasteiger partial charge in [-0.3, -0.25) is 14.5 Å². The van der Waals surface area contributed by atoms with Crippen molar-refractivity contribution < 1.29 is 14.3 Å². The summed E-state index contributed by atoms with van der Waals surface area (Å²) in [7, 11) is 2.12. The largest absolute Gasteiger partial charge is 0.493 e. The fraction of sp³-hybridized carbons (Fsp3) is 0.714. The number of fused-ring (bicyclic) bond motifs is 3. The third-order valence-electron chi connectivity index (χ3n) is 8.79. The van der Waals surface area contributed by atoms with Gasteiger partial charge in [0.25, 0.3) is 0 Å². The van der Waals surface area contributed by atoms with Crippen LogP contribution in [0.2, 0.25) is 0 Å². The molecule has 4 aliphatic rings. The predicted octanol–water partition coefficient (Wildman–Crippen LogP) is 2.84. The Labute approximate surface area is 210 Å². The van der Waals surface area contributed by atoms with Gasteiger partial charge in [0.05, 0.1) is 13.2 Å². The zero-order valence-electron chi connectivity index (χ0n) is 21.4. The van der Waals surface area contributed by atoms with E-state index in [-0.39, 0.29) is 5.91 Å². The van der Waals surface area contributed by atoms with Gasteiger partial charge < -0.3 is 19.4 Å². The molecule has 0 unspecified atom stereocenters. The monoisotopic (exact) mass is 482 g/mol. The molecule has 0 N–H and O–H groups in total. The van der Waals surface area contributed by atoms with Crippen molar-refractivity contribution in [3.63, 3.8) is 0 Å². The van der Waals surface area contributed by atoms with Crippen molar-refractivity contribution in [2.75, 3.05) is 59.5 Å². The Balaban J connectivity index is 1.28. The summed E-state index contributed by atoms with van der Waals surface area (Å²) in [6.07, 6.45) is 7.10. The van der Waals surface area contributed by atoms with Crippen LogP contribution in [0.5, 0.6) is 5.75 Å². The summed E-state index contributed by atoms with van der Waals surface area (Å²) < 4.78 is 6.26. The fourth-order valence-electron chi connectivity index (χ4n) is 6.17. The second-order valence-corrected chi connectivity index (χ2v) is 11.1. The van der Waals surface area contributed by atoms with Crippen LogP contribution in [0, 0.1) is 11.8 Å². The number of para-hydroxylation sites is 1. The Bertz CT molecular complexity index is 881. The number of nitrogens with zero attached hydrogens (tertiary/aromatic N) is 4. The number of piperidine rings is 1. The summed E-state index contributed by atoms with van der Waals surface area (Å²) in [5, 5.41) is 0. The SMILES string of the molecule is CN1CCN(C(=O)C[C@@H]2CCN3C[C@@H]2CCCOc2ccccc2CN(C2CCC2)CC3=O)CC1. The summed E-state index contributed by atoms with van der Waals surface area (Å²) in [4.78, 5) is 35.4. The lowest BCUT2D eigenvalue weighted by Gasteiger charge is -2.42. The van der Waals surface area contributed by atoms with E-state index in [1.54, 1.807) is 0 Å². The first-order valence-corrected chi connectivity index (χ1v) is 13.8. The third-order valence-corrected chi connectivity index (χ3v) is 8.79. The third kappa shape index (κ3) is 6.00. The van der Waals surface area contributed by atoms with Gasteiger partial charge in [-0.25, -0.2) is 0 Å². The molecular formula is C28H42N4O3. The molecule has 2 atom stereocenters. The summed E-state index contributed by atoms with van der Waals surface area (Å²) in [5.74, 6) is 2.22. The van der Waals surface area contributed by atoms with Crippen molar-refractivity contribution in [1.82, 2.24) is 19.6 Å². The maximum Gasteiger partial charge on any atom is 0.236 e. The Kier molecular flexibility index (Phi) is 7.93. The average Bonchev–Trinajstić information content (AvgIpc) is 2.83. The van der Waals surface area contributed by atoms with Crippen LogP contribution in [0.25, 0.3) is 0 Å². The van der Waals surface area contributed by atoms with Crippen molar-refractivity contribution in [2.24, 2.45) is 11.8 Å². The molecule has 3 fully saturated rings. The summed E-state index contributed by atoms with van der Waals surface area (Å²) in [6, 6.07) is 8.80. The van der Waals surface area contributed by atoms with Crippen LogP contribution in [0.15, 0.2) is 24.3 Å². The quantitative estimate of drug-likeness (QED) is 0.663. The molecule has 7 nitrogen and oxygen atoms in total. The van der Waals surface area contributed by atoms with Crippen molar-refractivity contribution in [3.05, 3.63) is 29.8 Å². The molecule has 35 heavy (non-hydrogen) atoms. The van der Waals surface area contributed by atoms with Crippen LogP contribution in [0.1, 0.15) is 50.5 Å². The number of amides is 2. The van der Waals surface area contributed by atoms with Gasteiger partial charge in [0.15, 0.2) is 0 Å². The van der Waals surface area contributed by atoms with E-state index < -0.39 is 0 Å². The van der Waals surface area contributed by atoms with Crippen LogP contribution in [0.3, 0.4) is 0 Å².